The van der Waals surface area contributed by atoms with Gasteiger partial charge >= 0.3 is 0 Å². The monoisotopic (exact) mass is 281 g/mol. The van der Waals surface area contributed by atoms with Crippen molar-refractivity contribution in [2.45, 2.75) is 76.8 Å². The third kappa shape index (κ3) is 3.53. The first-order valence-electron chi connectivity index (χ1n) is 8.18. The summed E-state index contributed by atoms with van der Waals surface area (Å²) in [5.74, 6) is -0.398. The van der Waals surface area contributed by atoms with E-state index in [1.165, 1.54) is 44.9 Å². The van der Waals surface area contributed by atoms with Gasteiger partial charge in [-0.05, 0) is 64.5 Å². The summed E-state index contributed by atoms with van der Waals surface area (Å²) in [5, 5.41) is 0. The molecular weight excluding hydrogens is 250 g/mol. The van der Waals surface area contributed by atoms with Crippen molar-refractivity contribution in [2.24, 2.45) is 16.9 Å². The topological polar surface area (TPSA) is 72.3 Å². The lowest BCUT2D eigenvalue weighted by molar-refractivity contribution is -0.123. The molecule has 116 valence electrons. The molecule has 0 aromatic rings. The number of piperidine rings is 1. The molecule has 1 aliphatic heterocycles. The van der Waals surface area contributed by atoms with E-state index in [9.17, 15) is 4.79 Å². The predicted octanol–water partition coefficient (Wildman–Crippen LogP) is 2.01. The molecule has 2 aliphatic rings. The van der Waals surface area contributed by atoms with E-state index in [1.807, 2.05) is 0 Å². The maximum atomic E-state index is 11.4. The number of amides is 1. The Morgan fingerprint density at radius 3 is 2.25 bits per heavy atom. The zero-order valence-corrected chi connectivity index (χ0v) is 13.2. The summed E-state index contributed by atoms with van der Waals surface area (Å²) in [5.41, 5.74) is 11.1. The van der Waals surface area contributed by atoms with Crippen LogP contribution in [0.1, 0.15) is 65.2 Å². The summed E-state index contributed by atoms with van der Waals surface area (Å²) in [6.45, 7) is 6.22. The molecule has 2 atom stereocenters. The molecule has 0 aromatic heterocycles. The maximum absolute atomic E-state index is 11.4. The van der Waals surface area contributed by atoms with Gasteiger partial charge in [-0.2, -0.15) is 0 Å². The van der Waals surface area contributed by atoms with Crippen LogP contribution in [0.3, 0.4) is 0 Å². The Labute approximate surface area is 123 Å². The fraction of sp³-hybridized carbons (Fsp3) is 0.938. The Bertz CT molecular complexity index is 338. The molecule has 4 N–H and O–H groups in total. The molecular formula is C16H31N3O. The lowest BCUT2D eigenvalue weighted by Gasteiger charge is -2.46. The van der Waals surface area contributed by atoms with Crippen LogP contribution in [0.2, 0.25) is 0 Å². The summed E-state index contributed by atoms with van der Waals surface area (Å²) < 4.78 is 0. The van der Waals surface area contributed by atoms with Crippen molar-refractivity contribution >= 4 is 5.91 Å². The SMILES string of the molecule is CC(CC(C)(N)C(N)=O)N1CCC2(CCCCC2)CC1. The first-order valence-corrected chi connectivity index (χ1v) is 8.18. The number of carbonyl (C=O) groups is 1. The van der Waals surface area contributed by atoms with Crippen molar-refractivity contribution in [3.63, 3.8) is 0 Å². The van der Waals surface area contributed by atoms with E-state index >= 15 is 0 Å². The van der Waals surface area contributed by atoms with E-state index in [-0.39, 0.29) is 0 Å². The molecule has 1 aliphatic carbocycles. The summed E-state index contributed by atoms with van der Waals surface area (Å²) in [6, 6.07) is 0.332. The van der Waals surface area contributed by atoms with E-state index in [4.69, 9.17) is 11.5 Å². The molecule has 4 nitrogen and oxygen atoms in total. The number of primary amides is 1. The minimum atomic E-state index is -0.889. The molecule has 0 aromatic carbocycles. The quantitative estimate of drug-likeness (QED) is 0.828. The molecule has 1 amide bonds. The highest BCUT2D eigenvalue weighted by atomic mass is 16.1. The summed E-state index contributed by atoms with van der Waals surface area (Å²) in [6.07, 6.45) is 10.4. The first kappa shape index (κ1) is 15.8. The van der Waals surface area contributed by atoms with Crippen molar-refractivity contribution in [3.8, 4) is 0 Å². The standard InChI is InChI=1S/C16H31N3O/c1-13(12-15(2,18)14(17)20)19-10-8-16(9-11-19)6-4-3-5-7-16/h13H,3-12,18H2,1-2H3,(H2,17,20). The fourth-order valence-electron chi connectivity index (χ4n) is 4.08. The molecule has 0 bridgehead atoms. The van der Waals surface area contributed by atoms with Crippen LogP contribution in [-0.4, -0.2) is 35.5 Å². The second-order valence-corrected chi connectivity index (χ2v) is 7.43. The van der Waals surface area contributed by atoms with Gasteiger partial charge in [-0.1, -0.05) is 19.3 Å². The Kier molecular flexibility index (Phi) is 4.75. The second kappa shape index (κ2) is 6.02. The minimum absolute atomic E-state index is 0.332. The number of rotatable bonds is 4. The van der Waals surface area contributed by atoms with Crippen LogP contribution in [0.15, 0.2) is 0 Å². The number of likely N-dealkylation sites (tertiary alicyclic amines) is 1. The number of nitrogens with two attached hydrogens (primary N) is 2. The van der Waals surface area contributed by atoms with Crippen molar-refractivity contribution in [1.82, 2.24) is 4.90 Å². The molecule has 2 unspecified atom stereocenters. The third-order valence-electron chi connectivity index (χ3n) is 5.68. The van der Waals surface area contributed by atoms with Gasteiger partial charge in [0.2, 0.25) is 5.91 Å². The lowest BCUT2D eigenvalue weighted by Crippen LogP contribution is -2.54. The summed E-state index contributed by atoms with van der Waals surface area (Å²) in [4.78, 5) is 13.9. The van der Waals surface area contributed by atoms with Crippen LogP contribution < -0.4 is 11.5 Å². The van der Waals surface area contributed by atoms with Crippen LogP contribution >= 0.6 is 0 Å². The van der Waals surface area contributed by atoms with Crippen molar-refractivity contribution in [2.75, 3.05) is 13.1 Å². The highest BCUT2D eigenvalue weighted by Gasteiger charge is 2.38. The van der Waals surface area contributed by atoms with Gasteiger partial charge in [0.05, 0.1) is 5.54 Å². The number of carbonyl (C=O) groups excluding carboxylic acids is 1. The molecule has 4 heteroatoms. The largest absolute Gasteiger partial charge is 0.368 e. The highest BCUT2D eigenvalue weighted by Crippen LogP contribution is 2.44. The summed E-state index contributed by atoms with van der Waals surface area (Å²) >= 11 is 0. The van der Waals surface area contributed by atoms with Gasteiger partial charge in [-0.25, -0.2) is 0 Å². The zero-order chi connectivity index (χ0) is 14.8. The lowest BCUT2D eigenvalue weighted by atomic mass is 9.68. The molecule has 2 fully saturated rings. The van der Waals surface area contributed by atoms with Crippen LogP contribution in [-0.2, 0) is 4.79 Å². The average molecular weight is 281 g/mol. The Morgan fingerprint density at radius 1 is 1.20 bits per heavy atom. The van der Waals surface area contributed by atoms with Crippen LogP contribution in [0.5, 0.6) is 0 Å². The minimum Gasteiger partial charge on any atom is -0.368 e. The van der Waals surface area contributed by atoms with E-state index in [1.54, 1.807) is 6.92 Å². The van der Waals surface area contributed by atoms with Gasteiger partial charge in [-0.15, -0.1) is 0 Å². The Hall–Kier alpha value is -0.610. The molecule has 1 spiro atoms. The second-order valence-electron chi connectivity index (χ2n) is 7.43. The Balaban J connectivity index is 1.85. The van der Waals surface area contributed by atoms with E-state index in [2.05, 4.69) is 11.8 Å². The average Bonchev–Trinajstić information content (AvgIpc) is 2.39. The van der Waals surface area contributed by atoms with Gasteiger partial charge in [0, 0.05) is 6.04 Å². The fourth-order valence-corrected chi connectivity index (χ4v) is 4.08. The molecule has 2 rings (SSSR count). The maximum Gasteiger partial charge on any atom is 0.237 e. The molecule has 1 heterocycles. The van der Waals surface area contributed by atoms with Crippen molar-refractivity contribution < 1.29 is 4.79 Å². The molecule has 20 heavy (non-hydrogen) atoms. The molecule has 1 saturated carbocycles. The van der Waals surface area contributed by atoms with Crippen LogP contribution in [0.25, 0.3) is 0 Å². The van der Waals surface area contributed by atoms with E-state index in [0.717, 1.165) is 13.1 Å². The molecule has 1 saturated heterocycles. The normalized spacial score (nSPS) is 27.9. The van der Waals surface area contributed by atoms with Crippen LogP contribution in [0, 0.1) is 5.41 Å². The van der Waals surface area contributed by atoms with Gasteiger partial charge in [0.25, 0.3) is 0 Å². The van der Waals surface area contributed by atoms with Gasteiger partial charge < -0.3 is 16.4 Å². The third-order valence-corrected chi connectivity index (χ3v) is 5.68. The smallest absolute Gasteiger partial charge is 0.237 e. The van der Waals surface area contributed by atoms with Gasteiger partial charge in [0.15, 0.2) is 0 Å². The predicted molar refractivity (Wildman–Crippen MR) is 82.2 cm³/mol. The number of hydrogen-bond donors (Lipinski definition) is 2. The van der Waals surface area contributed by atoms with Crippen LogP contribution in [0.4, 0.5) is 0 Å². The van der Waals surface area contributed by atoms with Gasteiger partial charge in [0.1, 0.15) is 0 Å². The number of nitrogens with zero attached hydrogens (tertiary/aromatic N) is 1. The van der Waals surface area contributed by atoms with E-state index in [0.29, 0.717) is 17.9 Å². The zero-order valence-electron chi connectivity index (χ0n) is 13.2. The highest BCUT2D eigenvalue weighted by molar-refractivity contribution is 5.83. The van der Waals surface area contributed by atoms with Crippen molar-refractivity contribution in [1.29, 1.82) is 0 Å². The van der Waals surface area contributed by atoms with Gasteiger partial charge in [-0.3, -0.25) is 4.79 Å². The first-order chi connectivity index (χ1) is 9.35. The van der Waals surface area contributed by atoms with E-state index < -0.39 is 11.4 Å². The summed E-state index contributed by atoms with van der Waals surface area (Å²) in [7, 11) is 0. The molecule has 0 radical (unpaired) electrons. The van der Waals surface area contributed by atoms with Crippen molar-refractivity contribution in [3.05, 3.63) is 0 Å². The number of hydrogen-bond acceptors (Lipinski definition) is 3. The Morgan fingerprint density at radius 2 is 1.75 bits per heavy atom.